The van der Waals surface area contributed by atoms with Gasteiger partial charge in [0.05, 0.1) is 28.5 Å². The number of amides is 1. The zero-order chi connectivity index (χ0) is 25.0. The molecule has 2 N–H and O–H groups in total. The number of anilines is 1. The van der Waals surface area contributed by atoms with Gasteiger partial charge in [-0.15, -0.1) is 0 Å². The van der Waals surface area contributed by atoms with Crippen LogP contribution in [0.4, 0.5) is 5.69 Å². The molecule has 9 nitrogen and oxygen atoms in total. The van der Waals surface area contributed by atoms with Crippen LogP contribution in [-0.2, 0) is 21.2 Å². The van der Waals surface area contributed by atoms with Gasteiger partial charge in [-0.05, 0) is 51.0 Å². The molecule has 1 aliphatic rings. The normalized spacial score (nSPS) is 14.3. The summed E-state index contributed by atoms with van der Waals surface area (Å²) >= 11 is 0. The van der Waals surface area contributed by atoms with Crippen LogP contribution in [0, 0.1) is 6.92 Å². The summed E-state index contributed by atoms with van der Waals surface area (Å²) in [5, 5.41) is 6.90. The molecule has 0 bridgehead atoms. The monoisotopic (exact) mass is 495 g/mol. The summed E-state index contributed by atoms with van der Waals surface area (Å²) in [5.41, 5.74) is 2.20. The van der Waals surface area contributed by atoms with Gasteiger partial charge in [-0.3, -0.25) is 4.79 Å². The highest BCUT2D eigenvalue weighted by atomic mass is 32.2. The number of hydrazone groups is 1. The summed E-state index contributed by atoms with van der Waals surface area (Å²) in [7, 11) is -3.83. The molecule has 0 saturated carbocycles. The first-order valence-corrected chi connectivity index (χ1v) is 12.6. The second kappa shape index (κ2) is 10.1. The minimum absolute atomic E-state index is 0.0779. The van der Waals surface area contributed by atoms with E-state index in [1.54, 1.807) is 56.3 Å². The van der Waals surface area contributed by atoms with Crippen LogP contribution < -0.4 is 10.1 Å². The van der Waals surface area contributed by atoms with Crippen LogP contribution in [0.25, 0.3) is 0 Å². The minimum atomic E-state index is -3.83. The number of carbonyl (C=O) groups is 2. The van der Waals surface area contributed by atoms with E-state index in [0.717, 1.165) is 0 Å². The van der Waals surface area contributed by atoms with Gasteiger partial charge in [0, 0.05) is 17.5 Å². The van der Waals surface area contributed by atoms with Crippen molar-refractivity contribution >= 4 is 33.3 Å². The lowest BCUT2D eigenvalue weighted by atomic mass is 9.93. The number of carbonyl (C=O) groups excluding carboxylic acids is 2. The van der Waals surface area contributed by atoms with E-state index >= 15 is 0 Å². The molecule has 0 radical (unpaired) electrons. The summed E-state index contributed by atoms with van der Waals surface area (Å²) in [6.07, 6.45) is 1.81. The fraction of sp³-hybridized carbons (Fsp3) is 0.240. The van der Waals surface area contributed by atoms with Crippen molar-refractivity contribution in [3.63, 3.8) is 0 Å². The number of hydrogen-bond acceptors (Lipinski definition) is 7. The van der Waals surface area contributed by atoms with E-state index in [-0.39, 0.29) is 22.8 Å². The first kappa shape index (κ1) is 24.2. The van der Waals surface area contributed by atoms with Gasteiger partial charge in [0.15, 0.2) is 5.76 Å². The smallest absolute Gasteiger partial charge is 0.340 e. The number of furan rings is 1. The molecule has 4 rings (SSSR count). The zero-order valence-electron chi connectivity index (χ0n) is 19.3. The fourth-order valence-corrected chi connectivity index (χ4v) is 4.77. The molecular weight excluding hydrogens is 470 g/mol. The Bertz CT molecular complexity index is 1390. The molecule has 182 valence electrons. The van der Waals surface area contributed by atoms with Crippen molar-refractivity contribution in [3.05, 3.63) is 82.8 Å². The maximum absolute atomic E-state index is 13.1. The molecule has 35 heavy (non-hydrogen) atoms. The van der Waals surface area contributed by atoms with Crippen LogP contribution in [-0.4, -0.2) is 32.6 Å². The van der Waals surface area contributed by atoms with Gasteiger partial charge in [-0.25, -0.2) is 4.79 Å². The molecule has 0 unspecified atom stereocenters. The number of para-hydroxylation sites is 1. The van der Waals surface area contributed by atoms with Gasteiger partial charge >= 0.3 is 5.97 Å². The number of rotatable bonds is 7. The van der Waals surface area contributed by atoms with E-state index in [1.165, 1.54) is 12.1 Å². The molecule has 0 spiro atoms. The van der Waals surface area contributed by atoms with E-state index in [1.807, 2.05) is 0 Å². The Morgan fingerprint density at radius 3 is 2.51 bits per heavy atom. The lowest BCUT2D eigenvalue weighted by Gasteiger charge is -2.14. The van der Waals surface area contributed by atoms with Crippen molar-refractivity contribution in [2.45, 2.75) is 38.0 Å². The summed E-state index contributed by atoms with van der Waals surface area (Å²) in [6, 6.07) is 14.5. The third-order valence-corrected chi connectivity index (χ3v) is 6.78. The molecular formula is C25H25N3O6S. The highest BCUT2D eigenvalue weighted by Crippen LogP contribution is 2.31. The number of hydrogen-bond donors (Lipinski definition) is 2. The van der Waals surface area contributed by atoms with Gasteiger partial charge in [0.25, 0.3) is 15.9 Å². The molecule has 1 aromatic heterocycles. The molecule has 1 amide bonds. The Morgan fingerprint density at radius 1 is 1.06 bits per heavy atom. The molecule has 10 heteroatoms. The summed E-state index contributed by atoms with van der Waals surface area (Å²) in [4.78, 5) is 27.7. The molecule has 0 saturated heterocycles. The highest BCUT2D eigenvalue weighted by Gasteiger charge is 2.29. The second-order valence-corrected chi connectivity index (χ2v) is 9.56. The molecule has 1 heterocycles. The third kappa shape index (κ3) is 5.12. The fourth-order valence-electron chi connectivity index (χ4n) is 3.92. The summed E-state index contributed by atoms with van der Waals surface area (Å²) in [5.74, 6) is -0.429. The van der Waals surface area contributed by atoms with E-state index in [4.69, 9.17) is 9.15 Å². The van der Waals surface area contributed by atoms with Crippen LogP contribution in [0.2, 0.25) is 0 Å². The molecule has 2 aromatic carbocycles. The van der Waals surface area contributed by atoms with Crippen molar-refractivity contribution in [2.75, 3.05) is 11.9 Å². The quantitative estimate of drug-likeness (QED) is 0.376. The Hall–Kier alpha value is -3.92. The van der Waals surface area contributed by atoms with Crippen molar-refractivity contribution in [1.82, 2.24) is 4.83 Å². The number of nitrogens with zero attached hydrogens (tertiary/aromatic N) is 1. The summed E-state index contributed by atoms with van der Waals surface area (Å²) in [6.45, 7) is 3.64. The predicted octanol–water partition coefficient (Wildman–Crippen LogP) is 4.04. The Labute approximate surface area is 203 Å². The summed E-state index contributed by atoms with van der Waals surface area (Å²) < 4.78 is 36.1. The molecule has 0 fully saturated rings. The number of aryl methyl sites for hydroxylation is 1. The number of benzene rings is 2. The Kier molecular flexibility index (Phi) is 7.02. The van der Waals surface area contributed by atoms with Crippen LogP contribution in [0.3, 0.4) is 0 Å². The number of fused-ring (bicyclic) bond motifs is 1. The maximum Gasteiger partial charge on any atom is 0.340 e. The largest absolute Gasteiger partial charge is 0.462 e. The van der Waals surface area contributed by atoms with E-state index in [2.05, 4.69) is 15.2 Å². The number of sulfonamides is 1. The van der Waals surface area contributed by atoms with E-state index in [9.17, 15) is 18.0 Å². The molecule has 0 atom stereocenters. The van der Waals surface area contributed by atoms with Gasteiger partial charge < -0.3 is 14.5 Å². The van der Waals surface area contributed by atoms with E-state index < -0.39 is 21.9 Å². The predicted molar refractivity (Wildman–Crippen MR) is 130 cm³/mol. The first-order chi connectivity index (χ1) is 16.8. The van der Waals surface area contributed by atoms with Gasteiger partial charge in [-0.2, -0.15) is 18.4 Å². The van der Waals surface area contributed by atoms with Crippen LogP contribution in [0.5, 0.6) is 0 Å². The standard InChI is InChI=1S/C25H25N3O6S/c1-3-33-25(30)18-12-7-8-13-19(18)26-24(29)23-16(2)22-20(14-9-15-21(22)34-23)27-28-35(31,32)17-10-5-4-6-11-17/h4-8,10-13,28H,3,9,14-15H2,1-2H3,(H,26,29)/b27-20+. The SMILES string of the molecule is CCOC(=O)c1ccccc1NC(=O)c1oc2c(c1C)/C(=N/NS(=O)(=O)c1ccccc1)CCC2. The third-order valence-electron chi connectivity index (χ3n) is 5.56. The molecule has 3 aromatic rings. The van der Waals surface area contributed by atoms with Crippen molar-refractivity contribution in [1.29, 1.82) is 0 Å². The lowest BCUT2D eigenvalue weighted by molar-refractivity contribution is 0.0527. The average Bonchev–Trinajstić information content (AvgIpc) is 3.21. The number of ether oxygens (including phenoxy) is 1. The number of nitrogens with one attached hydrogen (secondary N) is 2. The molecule has 0 aliphatic heterocycles. The maximum atomic E-state index is 13.1. The topological polar surface area (TPSA) is 127 Å². The number of esters is 1. The lowest BCUT2D eigenvalue weighted by Crippen LogP contribution is -2.22. The molecule has 1 aliphatic carbocycles. The van der Waals surface area contributed by atoms with Gasteiger partial charge in [0.1, 0.15) is 5.76 Å². The minimum Gasteiger partial charge on any atom is -0.462 e. The zero-order valence-corrected chi connectivity index (χ0v) is 20.1. The Balaban J connectivity index is 1.60. The van der Waals surface area contributed by atoms with Crippen molar-refractivity contribution in [3.8, 4) is 0 Å². The first-order valence-electron chi connectivity index (χ1n) is 11.2. The van der Waals surface area contributed by atoms with Gasteiger partial charge in [-0.1, -0.05) is 30.3 Å². The second-order valence-electron chi connectivity index (χ2n) is 7.89. The van der Waals surface area contributed by atoms with Gasteiger partial charge in [0.2, 0.25) is 0 Å². The van der Waals surface area contributed by atoms with Crippen molar-refractivity contribution < 1.29 is 27.2 Å². The van der Waals surface area contributed by atoms with Crippen LogP contribution >= 0.6 is 0 Å². The van der Waals surface area contributed by atoms with Crippen LogP contribution in [0.15, 0.2) is 69.0 Å². The van der Waals surface area contributed by atoms with Crippen molar-refractivity contribution in [2.24, 2.45) is 5.10 Å². The Morgan fingerprint density at radius 2 is 1.77 bits per heavy atom. The van der Waals surface area contributed by atoms with E-state index in [0.29, 0.717) is 47.5 Å². The van der Waals surface area contributed by atoms with Crippen LogP contribution in [0.1, 0.15) is 57.6 Å². The average molecular weight is 496 g/mol. The highest BCUT2D eigenvalue weighted by molar-refractivity contribution is 7.89.